The highest BCUT2D eigenvalue weighted by molar-refractivity contribution is 7.16. The molecule has 2 aromatic carbocycles. The lowest BCUT2D eigenvalue weighted by Crippen LogP contribution is -2.17. The summed E-state index contributed by atoms with van der Waals surface area (Å²) < 4.78 is 9.18. The van der Waals surface area contributed by atoms with Crippen LogP contribution >= 0.6 is 11.3 Å². The molecule has 1 fully saturated rings. The van der Waals surface area contributed by atoms with Crippen LogP contribution in [0.1, 0.15) is 12.8 Å². The minimum atomic E-state index is -0.794. The molecule has 1 unspecified atom stereocenters. The number of fused-ring (bicyclic) bond motifs is 2. The number of benzene rings is 2. The summed E-state index contributed by atoms with van der Waals surface area (Å²) in [5.41, 5.74) is 6.21. The van der Waals surface area contributed by atoms with E-state index >= 15 is 0 Å². The fraction of sp³-hybridized carbons (Fsp3) is 0.250. The van der Waals surface area contributed by atoms with Gasteiger partial charge in [0, 0.05) is 37.3 Å². The Balaban J connectivity index is 1.45. The molecule has 0 spiro atoms. The van der Waals surface area contributed by atoms with Crippen LogP contribution in [0, 0.1) is 0 Å². The van der Waals surface area contributed by atoms with E-state index in [4.69, 9.17) is 4.74 Å². The van der Waals surface area contributed by atoms with Crippen molar-refractivity contribution < 1.29 is 14.9 Å². The van der Waals surface area contributed by atoms with Gasteiger partial charge < -0.3 is 20.3 Å². The predicted octanol–water partition coefficient (Wildman–Crippen LogP) is 3.65. The average molecular weight is 475 g/mol. The fourth-order valence-electron chi connectivity index (χ4n) is 4.37. The van der Waals surface area contributed by atoms with E-state index in [0.717, 1.165) is 32.4 Å². The first kappa shape index (κ1) is 21.0. The number of rotatable bonds is 5. The Labute approximate surface area is 198 Å². The zero-order valence-electron chi connectivity index (χ0n) is 18.3. The standard InChI is InChI=1S/C24H22N6O3S/c1-30-10-14(9-28-30)13-4-18-23(21(5-13)33-16-7-19(31)20(32)8-16)24(26-11-25-18)29-15-2-3-17-22(6-15)34-12-27-17/h2-6,9-12,16,19-20,31-32H,7-8H2,1H3,(H,25,26,29)/t16?,19-,20+. The topological polar surface area (TPSA) is 118 Å². The number of hydrogen-bond acceptors (Lipinski definition) is 9. The number of ether oxygens (including phenoxy) is 1. The molecule has 1 aliphatic rings. The van der Waals surface area contributed by atoms with Crippen molar-refractivity contribution in [2.75, 3.05) is 5.32 Å². The van der Waals surface area contributed by atoms with E-state index in [1.165, 1.54) is 6.33 Å². The zero-order valence-corrected chi connectivity index (χ0v) is 19.1. The Kier molecular flexibility index (Phi) is 5.13. The van der Waals surface area contributed by atoms with Crippen molar-refractivity contribution in [3.63, 3.8) is 0 Å². The van der Waals surface area contributed by atoms with Gasteiger partial charge in [-0.25, -0.2) is 15.0 Å². The molecule has 0 amide bonds. The maximum atomic E-state index is 10.0. The molecule has 3 atom stereocenters. The molecule has 1 aliphatic carbocycles. The Hall–Kier alpha value is -3.60. The van der Waals surface area contributed by atoms with E-state index in [0.29, 0.717) is 29.9 Å². The van der Waals surface area contributed by atoms with Crippen molar-refractivity contribution in [3.05, 3.63) is 54.6 Å². The summed E-state index contributed by atoms with van der Waals surface area (Å²) in [5, 5.41) is 28.5. The molecule has 6 rings (SSSR count). The van der Waals surface area contributed by atoms with Gasteiger partial charge in [-0.1, -0.05) is 0 Å². The van der Waals surface area contributed by atoms with Crippen LogP contribution in [0.2, 0.25) is 0 Å². The molecule has 9 nitrogen and oxygen atoms in total. The monoisotopic (exact) mass is 474 g/mol. The van der Waals surface area contributed by atoms with Crippen LogP contribution in [0.3, 0.4) is 0 Å². The van der Waals surface area contributed by atoms with Crippen LogP contribution in [-0.2, 0) is 7.05 Å². The second-order valence-corrected chi connectivity index (χ2v) is 9.39. The maximum absolute atomic E-state index is 10.0. The second-order valence-electron chi connectivity index (χ2n) is 8.50. The van der Waals surface area contributed by atoms with E-state index < -0.39 is 12.2 Å². The molecule has 3 aromatic heterocycles. The highest BCUT2D eigenvalue weighted by atomic mass is 32.1. The van der Waals surface area contributed by atoms with Gasteiger partial charge in [-0.3, -0.25) is 4.68 Å². The summed E-state index contributed by atoms with van der Waals surface area (Å²) in [4.78, 5) is 13.4. The Bertz CT molecular complexity index is 1490. The molecule has 3 N–H and O–H groups in total. The molecule has 5 aromatic rings. The first-order valence-corrected chi connectivity index (χ1v) is 11.8. The van der Waals surface area contributed by atoms with Crippen molar-refractivity contribution in [1.82, 2.24) is 24.7 Å². The number of nitrogens with one attached hydrogen (secondary N) is 1. The second kappa shape index (κ2) is 8.32. The average Bonchev–Trinajstić information content (AvgIpc) is 3.54. The number of nitrogens with zero attached hydrogens (tertiary/aromatic N) is 5. The molecule has 3 heterocycles. The van der Waals surface area contributed by atoms with Crippen LogP contribution in [0.25, 0.3) is 32.2 Å². The quantitative estimate of drug-likeness (QED) is 0.353. The molecule has 0 radical (unpaired) electrons. The number of hydrogen-bond donors (Lipinski definition) is 3. The largest absolute Gasteiger partial charge is 0.489 e. The molecule has 0 bridgehead atoms. The highest BCUT2D eigenvalue weighted by Gasteiger charge is 2.33. The van der Waals surface area contributed by atoms with Gasteiger partial charge >= 0.3 is 0 Å². The third-order valence-corrected chi connectivity index (χ3v) is 6.87. The van der Waals surface area contributed by atoms with Crippen molar-refractivity contribution >= 4 is 44.0 Å². The first-order valence-electron chi connectivity index (χ1n) is 10.9. The lowest BCUT2D eigenvalue weighted by atomic mass is 10.1. The Morgan fingerprint density at radius 2 is 1.88 bits per heavy atom. The number of anilines is 2. The SMILES string of the molecule is Cn1cc(-c2cc(OC3C[C@@H](O)[C@@H](O)C3)c3c(Nc4ccc5ncsc5c4)ncnc3c2)cn1. The van der Waals surface area contributed by atoms with Crippen molar-refractivity contribution in [2.24, 2.45) is 7.05 Å². The van der Waals surface area contributed by atoms with Gasteiger partial charge in [-0.05, 0) is 35.9 Å². The summed E-state index contributed by atoms with van der Waals surface area (Å²) >= 11 is 1.58. The minimum absolute atomic E-state index is 0.320. The lowest BCUT2D eigenvalue weighted by Gasteiger charge is -2.18. The zero-order chi connectivity index (χ0) is 23.2. The Morgan fingerprint density at radius 1 is 1.03 bits per heavy atom. The molecule has 0 saturated heterocycles. The maximum Gasteiger partial charge on any atom is 0.145 e. The summed E-state index contributed by atoms with van der Waals surface area (Å²) in [6.45, 7) is 0. The summed E-state index contributed by atoms with van der Waals surface area (Å²) in [6.07, 6.45) is 4.05. The fourth-order valence-corrected chi connectivity index (χ4v) is 5.09. The summed E-state index contributed by atoms with van der Waals surface area (Å²) in [6, 6.07) is 9.89. The molecular formula is C24H22N6O3S. The van der Waals surface area contributed by atoms with Gasteiger partial charge in [0.1, 0.15) is 24.0 Å². The van der Waals surface area contributed by atoms with Crippen LogP contribution < -0.4 is 10.1 Å². The van der Waals surface area contributed by atoms with Crippen LogP contribution in [-0.4, -0.2) is 53.3 Å². The lowest BCUT2D eigenvalue weighted by molar-refractivity contribution is 0.0438. The normalized spacial score (nSPS) is 20.3. The predicted molar refractivity (Wildman–Crippen MR) is 130 cm³/mol. The van der Waals surface area contributed by atoms with E-state index in [2.05, 4.69) is 25.4 Å². The van der Waals surface area contributed by atoms with Gasteiger partial charge in [0.2, 0.25) is 0 Å². The summed E-state index contributed by atoms with van der Waals surface area (Å²) in [7, 11) is 1.87. The highest BCUT2D eigenvalue weighted by Crippen LogP contribution is 2.38. The number of aryl methyl sites for hydroxylation is 1. The van der Waals surface area contributed by atoms with Gasteiger partial charge in [0.15, 0.2) is 0 Å². The van der Waals surface area contributed by atoms with Crippen molar-refractivity contribution in [1.29, 1.82) is 0 Å². The number of aliphatic hydroxyl groups excluding tert-OH is 2. The molecule has 10 heteroatoms. The third kappa shape index (κ3) is 3.85. The molecular weight excluding hydrogens is 452 g/mol. The van der Waals surface area contributed by atoms with Gasteiger partial charge in [-0.15, -0.1) is 11.3 Å². The van der Waals surface area contributed by atoms with Gasteiger partial charge in [0.25, 0.3) is 0 Å². The third-order valence-electron chi connectivity index (χ3n) is 6.08. The molecule has 0 aliphatic heterocycles. The Morgan fingerprint density at radius 3 is 2.68 bits per heavy atom. The van der Waals surface area contributed by atoms with Gasteiger partial charge in [-0.2, -0.15) is 5.10 Å². The molecule has 34 heavy (non-hydrogen) atoms. The number of aliphatic hydroxyl groups is 2. The first-order chi connectivity index (χ1) is 16.5. The van der Waals surface area contributed by atoms with E-state index in [1.54, 1.807) is 22.2 Å². The van der Waals surface area contributed by atoms with E-state index in [1.807, 2.05) is 49.1 Å². The summed E-state index contributed by atoms with van der Waals surface area (Å²) in [5.74, 6) is 1.20. The number of thiazole rings is 1. The smallest absolute Gasteiger partial charge is 0.145 e. The van der Waals surface area contributed by atoms with Crippen LogP contribution in [0.5, 0.6) is 5.75 Å². The van der Waals surface area contributed by atoms with Crippen LogP contribution in [0.15, 0.2) is 54.6 Å². The van der Waals surface area contributed by atoms with Crippen LogP contribution in [0.4, 0.5) is 11.5 Å². The van der Waals surface area contributed by atoms with Crippen molar-refractivity contribution in [3.8, 4) is 16.9 Å². The molecule has 1 saturated carbocycles. The molecule has 172 valence electrons. The van der Waals surface area contributed by atoms with Gasteiger partial charge in [0.05, 0.1) is 45.0 Å². The van der Waals surface area contributed by atoms with E-state index in [-0.39, 0.29) is 6.10 Å². The number of aromatic nitrogens is 5. The minimum Gasteiger partial charge on any atom is -0.489 e. The van der Waals surface area contributed by atoms with E-state index in [9.17, 15) is 10.2 Å². The van der Waals surface area contributed by atoms with Crippen molar-refractivity contribution in [2.45, 2.75) is 31.2 Å².